The predicted molar refractivity (Wildman–Crippen MR) is 137 cm³/mol. The first kappa shape index (κ1) is 26.7. The fraction of sp³-hybridized carbons (Fsp3) is 0.400. The maximum Gasteiger partial charge on any atom is 0.530 e. The third kappa shape index (κ3) is 5.32. The van der Waals surface area contributed by atoms with Crippen molar-refractivity contribution in [2.45, 2.75) is 32.3 Å². The van der Waals surface area contributed by atoms with Gasteiger partial charge < -0.3 is 24.1 Å². The van der Waals surface area contributed by atoms with Crippen LogP contribution >= 0.6 is 19.4 Å². The van der Waals surface area contributed by atoms with Crippen LogP contribution in [0.1, 0.15) is 31.7 Å². The molecule has 2 heterocycles. The molecule has 0 amide bonds. The third-order valence-electron chi connectivity index (χ3n) is 6.06. The predicted octanol–water partition coefficient (Wildman–Crippen LogP) is 5.16. The highest BCUT2D eigenvalue weighted by molar-refractivity contribution is 7.48. The highest BCUT2D eigenvalue weighted by Gasteiger charge is 2.37. The molecule has 0 bridgehead atoms. The van der Waals surface area contributed by atoms with Gasteiger partial charge in [-0.2, -0.15) is 0 Å². The van der Waals surface area contributed by atoms with E-state index < -0.39 is 31.0 Å². The Morgan fingerprint density at radius 1 is 1.19 bits per heavy atom. The van der Waals surface area contributed by atoms with E-state index in [0.717, 1.165) is 0 Å². The van der Waals surface area contributed by atoms with Crippen molar-refractivity contribution in [2.24, 2.45) is 0 Å². The molecule has 0 saturated carbocycles. The van der Waals surface area contributed by atoms with Crippen LogP contribution in [-0.4, -0.2) is 54.6 Å². The van der Waals surface area contributed by atoms with Crippen molar-refractivity contribution < 1.29 is 32.8 Å². The number of aliphatic hydroxyl groups excluding tert-OH is 1. The van der Waals surface area contributed by atoms with Crippen LogP contribution in [0, 0.1) is 0 Å². The molecule has 194 valence electrons. The summed E-state index contributed by atoms with van der Waals surface area (Å²) in [4.78, 5) is 15.2. The van der Waals surface area contributed by atoms with Crippen LogP contribution in [0.25, 0.3) is 22.3 Å². The number of likely N-dealkylation sites (N-methyl/N-ethyl adjacent to an activating group) is 1. The number of hydrogen-bond acceptors (Lipinski definition) is 9. The van der Waals surface area contributed by atoms with Gasteiger partial charge in [0, 0.05) is 35.7 Å². The van der Waals surface area contributed by atoms with Crippen LogP contribution in [-0.2, 0) is 13.6 Å². The van der Waals surface area contributed by atoms with Crippen molar-refractivity contribution in [1.29, 1.82) is 0 Å². The molecule has 0 radical (unpaired) electrons. The molecule has 2 atom stereocenters. The number of β-amino-alcohol motifs (C(OH)–C–C–N with tert-alkyl or cyclic N) is 1. The zero-order valence-electron chi connectivity index (χ0n) is 20.3. The number of likely N-dealkylation sites (tertiary alicyclic amines) is 1. The van der Waals surface area contributed by atoms with Gasteiger partial charge in [-0.25, -0.2) is 4.57 Å². The molecule has 1 fully saturated rings. The number of benzene rings is 2. The maximum absolute atomic E-state index is 13.3. The standard InChI is InChI=1S/C25H29ClNO8P/c1-4-32-36(31,33-5-2)35-22-13-19(29)24-18(28)12-21(15-8-6-7-9-17(15)26)34-25(24)23(22)16-10-11-27(3)14-20(16)30/h6-9,12-13,16,20,29-30H,4-5,10-11,14H2,1-3H3. The Balaban J connectivity index is 2.01. The van der Waals surface area contributed by atoms with E-state index in [-0.39, 0.29) is 35.7 Å². The number of piperidine rings is 1. The number of aliphatic hydroxyl groups is 1. The molecule has 4 rings (SSSR count). The van der Waals surface area contributed by atoms with E-state index in [1.807, 2.05) is 11.9 Å². The molecule has 9 nitrogen and oxygen atoms in total. The van der Waals surface area contributed by atoms with Crippen molar-refractivity contribution in [3.63, 3.8) is 0 Å². The average molecular weight is 538 g/mol. The molecule has 2 N–H and O–H groups in total. The van der Waals surface area contributed by atoms with Gasteiger partial charge in [0.1, 0.15) is 28.2 Å². The van der Waals surface area contributed by atoms with Crippen LogP contribution in [0.2, 0.25) is 5.02 Å². The minimum absolute atomic E-state index is 0.0144. The molecule has 2 unspecified atom stereocenters. The monoisotopic (exact) mass is 537 g/mol. The zero-order valence-corrected chi connectivity index (χ0v) is 21.9. The summed E-state index contributed by atoms with van der Waals surface area (Å²) >= 11 is 6.36. The maximum atomic E-state index is 13.3. The van der Waals surface area contributed by atoms with E-state index in [0.29, 0.717) is 35.7 Å². The molecule has 0 aliphatic carbocycles. The van der Waals surface area contributed by atoms with Gasteiger partial charge in [-0.3, -0.25) is 13.8 Å². The molecule has 3 aromatic rings. The first-order valence-corrected chi connectivity index (χ1v) is 13.5. The molecule has 0 spiro atoms. The summed E-state index contributed by atoms with van der Waals surface area (Å²) in [7, 11) is -2.19. The van der Waals surface area contributed by atoms with Gasteiger partial charge in [-0.05, 0) is 46.0 Å². The second kappa shape index (κ2) is 10.9. The number of hydrogen-bond donors (Lipinski definition) is 2. The highest BCUT2D eigenvalue weighted by Crippen LogP contribution is 2.53. The van der Waals surface area contributed by atoms with E-state index in [1.54, 1.807) is 38.1 Å². The van der Waals surface area contributed by atoms with Crippen molar-refractivity contribution in [3.8, 4) is 22.8 Å². The molecule has 1 aliphatic rings. The van der Waals surface area contributed by atoms with Crippen molar-refractivity contribution in [3.05, 3.63) is 57.2 Å². The summed E-state index contributed by atoms with van der Waals surface area (Å²) in [6.45, 7) is 4.39. The summed E-state index contributed by atoms with van der Waals surface area (Å²) in [5.41, 5.74) is 0.291. The van der Waals surface area contributed by atoms with Gasteiger partial charge in [0.15, 0.2) is 5.43 Å². The fourth-order valence-electron chi connectivity index (χ4n) is 4.49. The second-order valence-electron chi connectivity index (χ2n) is 8.57. The highest BCUT2D eigenvalue weighted by atomic mass is 35.5. The topological polar surface area (TPSA) is 119 Å². The van der Waals surface area contributed by atoms with Gasteiger partial charge in [0.2, 0.25) is 0 Å². The molecule has 11 heteroatoms. The second-order valence-corrected chi connectivity index (χ2v) is 10.6. The lowest BCUT2D eigenvalue weighted by Crippen LogP contribution is -2.40. The normalized spacial score (nSPS) is 19.0. The van der Waals surface area contributed by atoms with Gasteiger partial charge in [-0.1, -0.05) is 23.7 Å². The summed E-state index contributed by atoms with van der Waals surface area (Å²) in [6, 6.07) is 9.32. The lowest BCUT2D eigenvalue weighted by molar-refractivity contribution is 0.0630. The Hall–Kier alpha value is -2.39. The Morgan fingerprint density at radius 2 is 1.89 bits per heavy atom. The molecule has 36 heavy (non-hydrogen) atoms. The molecule has 1 saturated heterocycles. The number of nitrogens with zero attached hydrogens (tertiary/aromatic N) is 1. The summed E-state index contributed by atoms with van der Waals surface area (Å²) < 4.78 is 35.8. The van der Waals surface area contributed by atoms with Crippen LogP contribution < -0.4 is 9.95 Å². The van der Waals surface area contributed by atoms with Crippen molar-refractivity contribution >= 4 is 30.4 Å². The van der Waals surface area contributed by atoms with Crippen LogP contribution in [0.5, 0.6) is 11.5 Å². The van der Waals surface area contributed by atoms with Gasteiger partial charge in [0.05, 0.1) is 24.3 Å². The minimum atomic E-state index is -4.08. The SMILES string of the molecule is CCOP(=O)(OCC)Oc1cc(O)c2c(=O)cc(-c3ccccc3Cl)oc2c1C1CCN(C)CC1O. The Kier molecular flexibility index (Phi) is 8.09. The smallest absolute Gasteiger partial charge is 0.507 e. The van der Waals surface area contributed by atoms with E-state index >= 15 is 0 Å². The quantitative estimate of drug-likeness (QED) is 0.375. The van der Waals surface area contributed by atoms with Crippen LogP contribution in [0.3, 0.4) is 0 Å². The van der Waals surface area contributed by atoms with E-state index in [1.165, 1.54) is 12.1 Å². The fourth-order valence-corrected chi connectivity index (χ4v) is 5.92. The van der Waals surface area contributed by atoms with Gasteiger partial charge >= 0.3 is 7.82 Å². The van der Waals surface area contributed by atoms with E-state index in [9.17, 15) is 19.6 Å². The van der Waals surface area contributed by atoms with Crippen molar-refractivity contribution in [1.82, 2.24) is 4.90 Å². The lowest BCUT2D eigenvalue weighted by atomic mass is 9.85. The van der Waals surface area contributed by atoms with Crippen LogP contribution in [0.4, 0.5) is 0 Å². The number of aromatic hydroxyl groups is 1. The number of phosphoric acid groups is 1. The lowest BCUT2D eigenvalue weighted by Gasteiger charge is -2.35. The number of fused-ring (bicyclic) bond motifs is 1. The Bertz CT molecular complexity index is 1350. The number of phosphoric ester groups is 1. The van der Waals surface area contributed by atoms with Crippen molar-refractivity contribution in [2.75, 3.05) is 33.4 Å². The Labute approximate surface area is 213 Å². The molecule has 2 aromatic carbocycles. The average Bonchev–Trinajstić information content (AvgIpc) is 2.80. The molecular weight excluding hydrogens is 509 g/mol. The number of halogens is 1. The van der Waals surface area contributed by atoms with Crippen LogP contribution in [0.15, 0.2) is 45.6 Å². The molecule has 1 aliphatic heterocycles. The number of rotatable bonds is 8. The zero-order chi connectivity index (χ0) is 26.0. The number of phenols is 1. The minimum Gasteiger partial charge on any atom is -0.507 e. The van der Waals surface area contributed by atoms with E-state index in [2.05, 4.69) is 0 Å². The van der Waals surface area contributed by atoms with Gasteiger partial charge in [-0.15, -0.1) is 0 Å². The third-order valence-corrected chi connectivity index (χ3v) is 7.96. The summed E-state index contributed by atoms with van der Waals surface area (Å²) in [6.07, 6.45) is -0.367. The first-order valence-electron chi connectivity index (χ1n) is 11.7. The first-order chi connectivity index (χ1) is 17.2. The Morgan fingerprint density at radius 3 is 2.53 bits per heavy atom. The summed E-state index contributed by atoms with van der Waals surface area (Å²) in [5.74, 6) is -0.861. The van der Waals surface area contributed by atoms with E-state index in [4.69, 9.17) is 29.6 Å². The van der Waals surface area contributed by atoms with Gasteiger partial charge in [0.25, 0.3) is 0 Å². The summed E-state index contributed by atoms with van der Waals surface area (Å²) in [5, 5.41) is 22.1. The number of phenolic OH excluding ortho intramolecular Hbond substituents is 1. The molecule has 1 aromatic heterocycles. The largest absolute Gasteiger partial charge is 0.530 e. The molecular formula is C25H29ClNO8P.